The lowest BCUT2D eigenvalue weighted by Crippen LogP contribution is -2.25. The zero-order chi connectivity index (χ0) is 16.3. The molecular formula is C15H14F2N4O. The molecule has 1 heterocycles. The first-order valence-corrected chi connectivity index (χ1v) is 6.58. The van der Waals surface area contributed by atoms with E-state index in [9.17, 15) is 13.6 Å². The summed E-state index contributed by atoms with van der Waals surface area (Å²) < 4.78 is 26.6. The van der Waals surface area contributed by atoms with Gasteiger partial charge in [0, 0.05) is 5.69 Å². The normalized spacial score (nSPS) is 12.0. The van der Waals surface area contributed by atoms with E-state index in [0.29, 0.717) is 16.9 Å². The third-order valence-corrected chi connectivity index (χ3v) is 3.22. The van der Waals surface area contributed by atoms with Crippen molar-refractivity contribution < 1.29 is 13.6 Å². The molecule has 22 heavy (non-hydrogen) atoms. The Morgan fingerprint density at radius 1 is 1.41 bits per heavy atom. The molecule has 0 fully saturated rings. The fourth-order valence-electron chi connectivity index (χ4n) is 2.05. The van der Waals surface area contributed by atoms with E-state index in [4.69, 9.17) is 5.26 Å². The van der Waals surface area contributed by atoms with Crippen molar-refractivity contribution in [2.45, 2.75) is 26.3 Å². The first-order valence-electron chi connectivity index (χ1n) is 6.58. The SMILES string of the molecule is Cc1cc(C(F)F)nn1C(C)C(=O)Nc1ccccc1C#N. The van der Waals surface area contributed by atoms with Crippen LogP contribution in [0.2, 0.25) is 0 Å². The first kappa shape index (κ1) is 15.6. The first-order chi connectivity index (χ1) is 10.4. The predicted molar refractivity (Wildman–Crippen MR) is 76.4 cm³/mol. The van der Waals surface area contributed by atoms with Gasteiger partial charge in [0.25, 0.3) is 6.43 Å². The number of aryl methyl sites for hydroxylation is 1. The van der Waals surface area contributed by atoms with E-state index in [-0.39, 0.29) is 5.69 Å². The smallest absolute Gasteiger partial charge is 0.282 e. The predicted octanol–water partition coefficient (Wildman–Crippen LogP) is 3.20. The van der Waals surface area contributed by atoms with Gasteiger partial charge in [0.15, 0.2) is 0 Å². The van der Waals surface area contributed by atoms with Crippen LogP contribution in [0.5, 0.6) is 0 Å². The third kappa shape index (κ3) is 3.11. The van der Waals surface area contributed by atoms with Gasteiger partial charge >= 0.3 is 0 Å². The van der Waals surface area contributed by atoms with Crippen molar-refractivity contribution in [3.8, 4) is 6.07 Å². The molecule has 0 saturated heterocycles. The van der Waals surface area contributed by atoms with Crippen LogP contribution in [-0.2, 0) is 4.79 Å². The zero-order valence-electron chi connectivity index (χ0n) is 12.0. The summed E-state index contributed by atoms with van der Waals surface area (Å²) in [5.41, 5.74) is 0.801. The van der Waals surface area contributed by atoms with E-state index in [1.807, 2.05) is 6.07 Å². The lowest BCUT2D eigenvalue weighted by molar-refractivity contribution is -0.119. The van der Waals surface area contributed by atoms with Gasteiger partial charge in [-0.1, -0.05) is 12.1 Å². The number of alkyl halides is 2. The zero-order valence-corrected chi connectivity index (χ0v) is 12.0. The van der Waals surface area contributed by atoms with Crippen molar-refractivity contribution in [2.24, 2.45) is 0 Å². The number of nitrogens with one attached hydrogen (secondary N) is 1. The Morgan fingerprint density at radius 3 is 2.68 bits per heavy atom. The van der Waals surface area contributed by atoms with Crippen molar-refractivity contribution in [3.63, 3.8) is 0 Å². The van der Waals surface area contributed by atoms with Gasteiger partial charge in [0.2, 0.25) is 5.91 Å². The van der Waals surface area contributed by atoms with Crippen LogP contribution in [0.25, 0.3) is 0 Å². The monoisotopic (exact) mass is 304 g/mol. The van der Waals surface area contributed by atoms with Crippen molar-refractivity contribution in [1.82, 2.24) is 9.78 Å². The van der Waals surface area contributed by atoms with Crippen molar-refractivity contribution >= 4 is 11.6 Å². The molecular weight excluding hydrogens is 290 g/mol. The molecule has 0 saturated carbocycles. The number of rotatable bonds is 4. The number of para-hydroxylation sites is 1. The minimum atomic E-state index is -2.69. The topological polar surface area (TPSA) is 70.7 Å². The number of hydrogen-bond donors (Lipinski definition) is 1. The van der Waals surface area contributed by atoms with E-state index in [1.54, 1.807) is 38.1 Å². The van der Waals surface area contributed by atoms with Crippen LogP contribution in [0.1, 0.15) is 36.3 Å². The number of nitriles is 1. The van der Waals surface area contributed by atoms with Crippen LogP contribution in [0.15, 0.2) is 30.3 Å². The Morgan fingerprint density at radius 2 is 2.09 bits per heavy atom. The van der Waals surface area contributed by atoms with E-state index >= 15 is 0 Å². The Labute approximate surface area is 126 Å². The van der Waals surface area contributed by atoms with E-state index in [1.165, 1.54) is 10.7 Å². The largest absolute Gasteiger partial charge is 0.323 e. The molecule has 114 valence electrons. The second kappa shape index (κ2) is 6.35. The molecule has 0 aliphatic carbocycles. The highest BCUT2D eigenvalue weighted by Crippen LogP contribution is 2.21. The molecule has 7 heteroatoms. The number of aromatic nitrogens is 2. The minimum absolute atomic E-state index is 0.327. The maximum atomic E-state index is 12.7. The van der Waals surface area contributed by atoms with Gasteiger partial charge < -0.3 is 5.32 Å². The minimum Gasteiger partial charge on any atom is -0.323 e. The molecule has 2 rings (SSSR count). The molecule has 1 amide bonds. The number of halogens is 2. The molecule has 0 bridgehead atoms. The quantitative estimate of drug-likeness (QED) is 0.943. The van der Waals surface area contributed by atoms with E-state index < -0.39 is 18.4 Å². The second-order valence-electron chi connectivity index (χ2n) is 4.78. The second-order valence-corrected chi connectivity index (χ2v) is 4.78. The van der Waals surface area contributed by atoms with Crippen LogP contribution in [0.3, 0.4) is 0 Å². The van der Waals surface area contributed by atoms with Gasteiger partial charge in [-0.3, -0.25) is 9.48 Å². The Balaban J connectivity index is 2.21. The molecule has 0 spiro atoms. The number of amides is 1. The lowest BCUT2D eigenvalue weighted by Gasteiger charge is -2.15. The average Bonchev–Trinajstić information content (AvgIpc) is 2.89. The molecule has 2 aromatic rings. The Hall–Kier alpha value is -2.75. The number of benzene rings is 1. The fraction of sp³-hybridized carbons (Fsp3) is 0.267. The summed E-state index contributed by atoms with van der Waals surface area (Å²) in [6, 6.07) is 9.00. The Bertz CT molecular complexity index is 733. The average molecular weight is 304 g/mol. The lowest BCUT2D eigenvalue weighted by atomic mass is 10.2. The standard InChI is InChI=1S/C15H14F2N4O/c1-9-7-13(14(16)17)20-21(9)10(2)15(22)19-12-6-4-3-5-11(12)8-18/h3-7,10,14H,1-2H3,(H,19,22). The van der Waals surface area contributed by atoms with Gasteiger partial charge in [0.05, 0.1) is 11.3 Å². The van der Waals surface area contributed by atoms with Crippen LogP contribution in [-0.4, -0.2) is 15.7 Å². The summed E-state index contributed by atoms with van der Waals surface area (Å²) in [6.07, 6.45) is -2.69. The van der Waals surface area contributed by atoms with Gasteiger partial charge in [-0.2, -0.15) is 10.4 Å². The molecule has 1 aromatic carbocycles. The number of carbonyl (C=O) groups excluding carboxylic acids is 1. The third-order valence-electron chi connectivity index (χ3n) is 3.22. The maximum Gasteiger partial charge on any atom is 0.282 e. The maximum absolute atomic E-state index is 12.7. The summed E-state index contributed by atoms with van der Waals surface area (Å²) in [5.74, 6) is -0.435. The summed E-state index contributed by atoms with van der Waals surface area (Å²) >= 11 is 0. The summed E-state index contributed by atoms with van der Waals surface area (Å²) in [7, 11) is 0. The molecule has 0 aliphatic rings. The van der Waals surface area contributed by atoms with Crippen molar-refractivity contribution in [3.05, 3.63) is 47.3 Å². The number of anilines is 1. The number of nitrogens with zero attached hydrogens (tertiary/aromatic N) is 3. The number of hydrogen-bond acceptors (Lipinski definition) is 3. The van der Waals surface area contributed by atoms with Gasteiger partial charge in [-0.15, -0.1) is 0 Å². The van der Waals surface area contributed by atoms with Gasteiger partial charge in [-0.05, 0) is 32.0 Å². The molecule has 1 N–H and O–H groups in total. The van der Waals surface area contributed by atoms with Crippen LogP contribution >= 0.6 is 0 Å². The van der Waals surface area contributed by atoms with Crippen LogP contribution in [0.4, 0.5) is 14.5 Å². The van der Waals surface area contributed by atoms with E-state index in [2.05, 4.69) is 10.4 Å². The molecule has 0 radical (unpaired) electrons. The highest BCUT2D eigenvalue weighted by Gasteiger charge is 2.21. The van der Waals surface area contributed by atoms with Crippen LogP contribution < -0.4 is 5.32 Å². The summed E-state index contributed by atoms with van der Waals surface area (Å²) in [6.45, 7) is 3.16. The summed E-state index contributed by atoms with van der Waals surface area (Å²) in [4.78, 5) is 12.2. The molecule has 1 atom stereocenters. The van der Waals surface area contributed by atoms with Gasteiger partial charge in [-0.25, -0.2) is 8.78 Å². The van der Waals surface area contributed by atoms with E-state index in [0.717, 1.165) is 0 Å². The van der Waals surface area contributed by atoms with Crippen LogP contribution in [0, 0.1) is 18.3 Å². The molecule has 0 aliphatic heterocycles. The summed E-state index contributed by atoms with van der Waals surface area (Å²) in [5, 5.41) is 15.4. The molecule has 1 aromatic heterocycles. The Kier molecular flexibility index (Phi) is 4.51. The van der Waals surface area contributed by atoms with Gasteiger partial charge in [0.1, 0.15) is 17.8 Å². The van der Waals surface area contributed by atoms with Crippen molar-refractivity contribution in [2.75, 3.05) is 5.32 Å². The fourth-order valence-corrected chi connectivity index (χ4v) is 2.05. The van der Waals surface area contributed by atoms with Crippen molar-refractivity contribution in [1.29, 1.82) is 5.26 Å². The number of carbonyl (C=O) groups is 1. The highest BCUT2D eigenvalue weighted by atomic mass is 19.3. The molecule has 1 unspecified atom stereocenters. The molecule has 5 nitrogen and oxygen atoms in total. The highest BCUT2D eigenvalue weighted by molar-refractivity contribution is 5.94.